The summed E-state index contributed by atoms with van der Waals surface area (Å²) in [7, 11) is 0. The van der Waals surface area contributed by atoms with Crippen molar-refractivity contribution >= 4 is 57.9 Å². The van der Waals surface area contributed by atoms with Gasteiger partial charge in [0.1, 0.15) is 11.7 Å². The molecule has 4 N–H and O–H groups in total. The van der Waals surface area contributed by atoms with Crippen LogP contribution in [0.1, 0.15) is 20.9 Å². The molecule has 2 aromatic carbocycles. The van der Waals surface area contributed by atoms with E-state index in [1.54, 1.807) is 22.7 Å². The molecule has 0 saturated heterocycles. The highest BCUT2D eigenvalue weighted by atomic mass is 32.1. The summed E-state index contributed by atoms with van der Waals surface area (Å²) in [6.07, 6.45) is 4.09. The molecule has 0 bridgehead atoms. The molecule has 0 unspecified atom stereocenters. The molecule has 148 valence electrons. The number of hydrogen-bond donors (Lipinski definition) is 2. The lowest BCUT2D eigenvalue weighted by molar-refractivity contribution is 1.46. The Labute approximate surface area is 183 Å². The van der Waals surface area contributed by atoms with Crippen molar-refractivity contribution in [1.29, 1.82) is 0 Å². The topological polar surface area (TPSA) is 76.8 Å². The van der Waals surface area contributed by atoms with E-state index < -0.39 is 0 Å². The Hall–Kier alpha value is -3.48. The lowest BCUT2D eigenvalue weighted by atomic mass is 10.1. The molecule has 0 saturated carbocycles. The zero-order valence-corrected chi connectivity index (χ0v) is 17.7. The Kier molecular flexibility index (Phi) is 6.17. The molecule has 0 atom stereocenters. The number of nitrogens with two attached hydrogens (primary N) is 2. The van der Waals surface area contributed by atoms with Crippen LogP contribution in [0.3, 0.4) is 0 Å². The van der Waals surface area contributed by atoms with Gasteiger partial charge in [0.15, 0.2) is 0 Å². The van der Waals surface area contributed by atoms with Crippen LogP contribution in [0.15, 0.2) is 93.5 Å². The van der Waals surface area contributed by atoms with Crippen LogP contribution >= 0.6 is 22.7 Å². The van der Waals surface area contributed by atoms with Gasteiger partial charge in [-0.1, -0.05) is 48.6 Å². The molecule has 0 aliphatic rings. The Bertz CT molecular complexity index is 1110. The van der Waals surface area contributed by atoms with Crippen molar-refractivity contribution in [2.75, 3.05) is 0 Å². The zero-order valence-electron chi connectivity index (χ0n) is 16.1. The summed E-state index contributed by atoms with van der Waals surface area (Å²) in [6.45, 7) is 0. The molecule has 0 radical (unpaired) electrons. The summed E-state index contributed by atoms with van der Waals surface area (Å²) in [5, 5.41) is 3.98. The largest absolute Gasteiger partial charge is 0.383 e. The number of hydrogen-bond acceptors (Lipinski definition) is 4. The molecular weight excluding hydrogens is 408 g/mol. The van der Waals surface area contributed by atoms with Gasteiger partial charge in [-0.3, -0.25) is 0 Å². The van der Waals surface area contributed by atoms with Gasteiger partial charge in [0.25, 0.3) is 0 Å². The fraction of sp³-hybridized carbons (Fsp3) is 0. The molecule has 0 amide bonds. The van der Waals surface area contributed by atoms with Crippen LogP contribution in [0.25, 0.3) is 12.2 Å². The van der Waals surface area contributed by atoms with Crippen LogP contribution in [0.5, 0.6) is 0 Å². The van der Waals surface area contributed by atoms with Crippen LogP contribution in [0, 0.1) is 0 Å². The summed E-state index contributed by atoms with van der Waals surface area (Å²) in [6, 6.07) is 23.8. The van der Waals surface area contributed by atoms with Gasteiger partial charge in [0, 0.05) is 0 Å². The average molecular weight is 429 g/mol. The van der Waals surface area contributed by atoms with Gasteiger partial charge >= 0.3 is 0 Å². The zero-order chi connectivity index (χ0) is 20.8. The molecule has 2 heterocycles. The van der Waals surface area contributed by atoms with E-state index in [1.807, 2.05) is 95.7 Å². The Morgan fingerprint density at radius 1 is 0.633 bits per heavy atom. The first-order valence-corrected chi connectivity index (χ1v) is 11.1. The first-order chi connectivity index (χ1) is 14.7. The summed E-state index contributed by atoms with van der Waals surface area (Å²) in [5.41, 5.74) is 15.9. The highest BCUT2D eigenvalue weighted by molar-refractivity contribution is 7.12. The van der Waals surface area contributed by atoms with E-state index in [0.29, 0.717) is 11.7 Å². The Morgan fingerprint density at radius 2 is 1.10 bits per heavy atom. The highest BCUT2D eigenvalue weighted by Gasteiger charge is 2.01. The van der Waals surface area contributed by atoms with E-state index in [4.69, 9.17) is 11.5 Å². The van der Waals surface area contributed by atoms with Crippen molar-refractivity contribution < 1.29 is 0 Å². The number of benzene rings is 2. The van der Waals surface area contributed by atoms with E-state index in [0.717, 1.165) is 32.3 Å². The third kappa shape index (κ3) is 5.11. The van der Waals surface area contributed by atoms with Gasteiger partial charge in [-0.15, -0.1) is 22.7 Å². The first kappa shape index (κ1) is 19.8. The van der Waals surface area contributed by atoms with Crippen LogP contribution in [-0.4, -0.2) is 11.7 Å². The third-order valence-corrected chi connectivity index (χ3v) is 6.04. The highest BCUT2D eigenvalue weighted by Crippen LogP contribution is 2.21. The van der Waals surface area contributed by atoms with Crippen LogP contribution < -0.4 is 11.5 Å². The molecule has 0 aliphatic carbocycles. The van der Waals surface area contributed by atoms with Crippen molar-refractivity contribution in [2.24, 2.45) is 21.5 Å². The first-order valence-electron chi connectivity index (χ1n) is 9.32. The van der Waals surface area contributed by atoms with Crippen molar-refractivity contribution in [3.63, 3.8) is 0 Å². The summed E-state index contributed by atoms with van der Waals surface area (Å²) < 4.78 is 0. The van der Waals surface area contributed by atoms with E-state index >= 15 is 0 Å². The standard InChI is InChI=1S/C24H20N4S2/c25-23(21-9-3-13-29-21)27-19-7-1-5-17(15-19)11-12-18-6-2-8-20(16-18)28-24(26)22-10-4-14-30-22/h1-16H,(H2,25,27)(H2,26,28)/b12-11-. The maximum Gasteiger partial charge on any atom is 0.141 e. The molecule has 4 nitrogen and oxygen atoms in total. The second kappa shape index (κ2) is 9.35. The predicted octanol–water partition coefficient (Wildman–Crippen LogP) is 6.05. The lowest BCUT2D eigenvalue weighted by Crippen LogP contribution is -2.10. The van der Waals surface area contributed by atoms with E-state index in [9.17, 15) is 0 Å². The number of rotatable bonds is 6. The fourth-order valence-electron chi connectivity index (χ4n) is 2.83. The number of nitrogens with zero attached hydrogens (tertiary/aromatic N) is 2. The van der Waals surface area contributed by atoms with Crippen molar-refractivity contribution in [3.05, 3.63) is 104 Å². The van der Waals surface area contributed by atoms with E-state index in [-0.39, 0.29) is 0 Å². The lowest BCUT2D eigenvalue weighted by Gasteiger charge is -2.01. The molecular formula is C24H20N4S2. The Balaban J connectivity index is 1.52. The van der Waals surface area contributed by atoms with Gasteiger partial charge in [0.05, 0.1) is 21.1 Å². The van der Waals surface area contributed by atoms with Gasteiger partial charge in [-0.25, -0.2) is 9.98 Å². The summed E-state index contributed by atoms with van der Waals surface area (Å²) >= 11 is 3.16. The second-order valence-electron chi connectivity index (χ2n) is 6.47. The van der Waals surface area contributed by atoms with Gasteiger partial charge in [-0.2, -0.15) is 0 Å². The van der Waals surface area contributed by atoms with Crippen LogP contribution in [0.4, 0.5) is 11.4 Å². The molecule has 0 fully saturated rings. The summed E-state index contributed by atoms with van der Waals surface area (Å²) in [4.78, 5) is 11.0. The smallest absolute Gasteiger partial charge is 0.141 e. The van der Waals surface area contributed by atoms with Crippen LogP contribution in [0.2, 0.25) is 0 Å². The SMILES string of the molecule is NC(=Nc1cccc(/C=C\c2cccc(N=C(N)c3cccs3)c2)c1)c1cccs1. The molecule has 0 spiro atoms. The molecule has 6 heteroatoms. The van der Waals surface area contributed by atoms with Crippen molar-refractivity contribution in [2.45, 2.75) is 0 Å². The minimum absolute atomic E-state index is 0.528. The number of thiophene rings is 2. The monoisotopic (exact) mass is 428 g/mol. The maximum absolute atomic E-state index is 6.10. The molecule has 4 rings (SSSR count). The number of amidine groups is 2. The fourth-order valence-corrected chi connectivity index (χ4v) is 4.08. The molecule has 2 aromatic heterocycles. The number of aliphatic imine (C=N–C) groups is 2. The summed E-state index contributed by atoms with van der Waals surface area (Å²) in [5.74, 6) is 1.06. The molecule has 4 aromatic rings. The quantitative estimate of drug-likeness (QED) is 0.223. The van der Waals surface area contributed by atoms with E-state index in [1.165, 1.54) is 0 Å². The van der Waals surface area contributed by atoms with Crippen molar-refractivity contribution in [3.8, 4) is 0 Å². The minimum atomic E-state index is 0.528. The minimum Gasteiger partial charge on any atom is -0.383 e. The maximum atomic E-state index is 6.10. The Morgan fingerprint density at radius 3 is 1.50 bits per heavy atom. The van der Waals surface area contributed by atoms with E-state index in [2.05, 4.69) is 9.98 Å². The molecule has 30 heavy (non-hydrogen) atoms. The second-order valence-corrected chi connectivity index (χ2v) is 8.37. The third-order valence-electron chi connectivity index (χ3n) is 4.26. The van der Waals surface area contributed by atoms with Gasteiger partial charge < -0.3 is 11.5 Å². The van der Waals surface area contributed by atoms with Crippen LogP contribution in [-0.2, 0) is 0 Å². The van der Waals surface area contributed by atoms with Crippen molar-refractivity contribution in [1.82, 2.24) is 0 Å². The molecule has 0 aliphatic heterocycles. The van der Waals surface area contributed by atoms with Gasteiger partial charge in [-0.05, 0) is 58.3 Å². The van der Waals surface area contributed by atoms with Gasteiger partial charge in [0.2, 0.25) is 0 Å². The predicted molar refractivity (Wildman–Crippen MR) is 131 cm³/mol. The normalized spacial score (nSPS) is 12.5. The average Bonchev–Trinajstić information content (AvgIpc) is 3.47.